The molecule has 0 aliphatic carbocycles. The summed E-state index contributed by atoms with van der Waals surface area (Å²) in [5, 5.41) is 10.2. The molecule has 0 aromatic heterocycles. The SMILES string of the molecule is COc1ccccc1N(N)CCO.O=S(=O)(O)O. The van der Waals surface area contributed by atoms with Gasteiger partial charge in [0.2, 0.25) is 0 Å². The monoisotopic (exact) mass is 280 g/mol. The molecule has 0 saturated heterocycles. The van der Waals surface area contributed by atoms with Gasteiger partial charge in [-0.3, -0.25) is 9.11 Å². The Labute approximate surface area is 105 Å². The number of hydrazine groups is 1. The molecule has 0 radical (unpaired) electrons. The van der Waals surface area contributed by atoms with Gasteiger partial charge in [0, 0.05) is 0 Å². The maximum Gasteiger partial charge on any atom is 0.394 e. The van der Waals surface area contributed by atoms with E-state index in [1.807, 2.05) is 24.3 Å². The summed E-state index contributed by atoms with van der Waals surface area (Å²) >= 11 is 0. The average molecular weight is 280 g/mol. The highest BCUT2D eigenvalue weighted by atomic mass is 32.3. The number of hydrogen-bond donors (Lipinski definition) is 4. The zero-order chi connectivity index (χ0) is 14.2. The Balaban J connectivity index is 0.000000494. The molecule has 1 aromatic rings. The number of nitrogens with zero attached hydrogens (tertiary/aromatic N) is 1. The van der Waals surface area contributed by atoms with Crippen LogP contribution in [0.25, 0.3) is 0 Å². The summed E-state index contributed by atoms with van der Waals surface area (Å²) in [5.41, 5.74) is 0.777. The quantitative estimate of drug-likeness (QED) is 0.336. The summed E-state index contributed by atoms with van der Waals surface area (Å²) in [6.45, 7) is 0.412. The van der Waals surface area contributed by atoms with Gasteiger partial charge in [-0.05, 0) is 12.1 Å². The Morgan fingerprint density at radius 3 is 2.28 bits per heavy atom. The fourth-order valence-corrected chi connectivity index (χ4v) is 1.10. The van der Waals surface area contributed by atoms with Crippen LogP contribution < -0.4 is 15.6 Å². The minimum Gasteiger partial charge on any atom is -0.495 e. The Morgan fingerprint density at radius 2 is 1.83 bits per heavy atom. The second-order valence-electron chi connectivity index (χ2n) is 3.04. The summed E-state index contributed by atoms with van der Waals surface area (Å²) < 4.78 is 36.7. The van der Waals surface area contributed by atoms with Crippen LogP contribution in [0.15, 0.2) is 24.3 Å². The number of benzene rings is 1. The smallest absolute Gasteiger partial charge is 0.394 e. The molecule has 8 nitrogen and oxygen atoms in total. The lowest BCUT2D eigenvalue weighted by Gasteiger charge is -2.19. The molecule has 0 atom stereocenters. The lowest BCUT2D eigenvalue weighted by atomic mass is 10.3. The first-order valence-corrected chi connectivity index (χ1v) is 6.15. The van der Waals surface area contributed by atoms with Crippen molar-refractivity contribution in [1.82, 2.24) is 0 Å². The normalized spacial score (nSPS) is 10.3. The van der Waals surface area contributed by atoms with Gasteiger partial charge in [0.05, 0.1) is 25.9 Å². The molecule has 0 aliphatic heterocycles. The van der Waals surface area contributed by atoms with Gasteiger partial charge in [-0.25, -0.2) is 5.84 Å². The van der Waals surface area contributed by atoms with Crippen LogP contribution in [0.5, 0.6) is 5.75 Å². The molecule has 9 heteroatoms. The molecule has 104 valence electrons. The average Bonchev–Trinajstić information content (AvgIpc) is 2.27. The number of ether oxygens (including phenoxy) is 1. The van der Waals surface area contributed by atoms with Crippen molar-refractivity contribution in [2.45, 2.75) is 0 Å². The van der Waals surface area contributed by atoms with Crippen molar-refractivity contribution < 1.29 is 27.4 Å². The zero-order valence-corrected chi connectivity index (χ0v) is 10.5. The van der Waals surface area contributed by atoms with E-state index in [1.165, 1.54) is 5.01 Å². The van der Waals surface area contributed by atoms with Gasteiger partial charge in [-0.1, -0.05) is 12.1 Å². The maximum atomic E-state index is 8.74. The van der Waals surface area contributed by atoms with Crippen LogP contribution in [-0.2, 0) is 10.4 Å². The predicted octanol–water partition coefficient (Wildman–Crippen LogP) is -0.285. The number of nitrogens with two attached hydrogens (primary N) is 1. The fourth-order valence-electron chi connectivity index (χ4n) is 1.10. The van der Waals surface area contributed by atoms with Crippen LogP contribution in [0.3, 0.4) is 0 Å². The largest absolute Gasteiger partial charge is 0.495 e. The lowest BCUT2D eigenvalue weighted by Crippen LogP contribution is -2.33. The summed E-state index contributed by atoms with van der Waals surface area (Å²) in [7, 11) is -3.08. The third-order valence-electron chi connectivity index (χ3n) is 1.74. The number of rotatable bonds is 4. The van der Waals surface area contributed by atoms with E-state index in [1.54, 1.807) is 7.11 Å². The first kappa shape index (κ1) is 16.6. The van der Waals surface area contributed by atoms with Crippen molar-refractivity contribution in [2.24, 2.45) is 5.84 Å². The molecule has 1 aromatic carbocycles. The molecule has 0 bridgehead atoms. The van der Waals surface area contributed by atoms with Crippen LogP contribution in [0, 0.1) is 0 Å². The molecule has 0 unspecified atom stereocenters. The third kappa shape index (κ3) is 7.81. The molecule has 1 rings (SSSR count). The number of para-hydroxylation sites is 2. The van der Waals surface area contributed by atoms with E-state index in [-0.39, 0.29) is 6.61 Å². The Bertz CT molecular complexity index is 442. The minimum absolute atomic E-state index is 0.0224. The number of aliphatic hydroxyl groups excluding tert-OH is 1. The molecule has 0 fully saturated rings. The molecule has 5 N–H and O–H groups in total. The summed E-state index contributed by atoms with van der Waals surface area (Å²) in [6, 6.07) is 7.41. The van der Waals surface area contributed by atoms with Crippen molar-refractivity contribution in [3.63, 3.8) is 0 Å². The van der Waals surface area contributed by atoms with Gasteiger partial charge in [0.1, 0.15) is 5.75 Å². The van der Waals surface area contributed by atoms with E-state index in [2.05, 4.69) is 0 Å². The Morgan fingerprint density at radius 1 is 1.33 bits per heavy atom. The van der Waals surface area contributed by atoms with Crippen LogP contribution in [0.4, 0.5) is 5.69 Å². The summed E-state index contributed by atoms with van der Waals surface area (Å²) in [5.74, 6) is 6.38. The maximum absolute atomic E-state index is 8.74. The van der Waals surface area contributed by atoms with Gasteiger partial charge < -0.3 is 14.9 Å². The highest BCUT2D eigenvalue weighted by Gasteiger charge is 2.05. The number of hydrogen-bond acceptors (Lipinski definition) is 6. The second kappa shape index (κ2) is 7.84. The molecule has 0 saturated carbocycles. The Kier molecular flexibility index (Phi) is 7.24. The topological polar surface area (TPSA) is 133 Å². The zero-order valence-electron chi connectivity index (χ0n) is 9.72. The molecule has 0 heterocycles. The van der Waals surface area contributed by atoms with E-state index in [0.717, 1.165) is 5.69 Å². The first-order valence-electron chi connectivity index (χ1n) is 4.75. The van der Waals surface area contributed by atoms with Gasteiger partial charge in [-0.2, -0.15) is 8.42 Å². The lowest BCUT2D eigenvalue weighted by molar-refractivity contribution is 0.301. The predicted molar refractivity (Wildman–Crippen MR) is 65.8 cm³/mol. The molecule has 18 heavy (non-hydrogen) atoms. The molecular weight excluding hydrogens is 264 g/mol. The third-order valence-corrected chi connectivity index (χ3v) is 1.74. The first-order chi connectivity index (χ1) is 8.29. The van der Waals surface area contributed by atoms with Crippen molar-refractivity contribution in [1.29, 1.82) is 0 Å². The van der Waals surface area contributed by atoms with Crippen LogP contribution in [-0.4, -0.2) is 42.9 Å². The second-order valence-corrected chi connectivity index (χ2v) is 3.93. The van der Waals surface area contributed by atoms with Crippen molar-refractivity contribution in [2.75, 3.05) is 25.3 Å². The van der Waals surface area contributed by atoms with Crippen molar-refractivity contribution in [3.05, 3.63) is 24.3 Å². The Hall–Kier alpha value is -1.39. The van der Waals surface area contributed by atoms with Crippen molar-refractivity contribution >= 4 is 16.1 Å². The number of anilines is 1. The highest BCUT2D eigenvalue weighted by Crippen LogP contribution is 2.24. The highest BCUT2D eigenvalue weighted by molar-refractivity contribution is 7.79. The summed E-state index contributed by atoms with van der Waals surface area (Å²) in [6.07, 6.45) is 0. The van der Waals surface area contributed by atoms with Crippen LogP contribution >= 0.6 is 0 Å². The number of methoxy groups -OCH3 is 1. The molecule has 0 amide bonds. The van der Waals surface area contributed by atoms with E-state index < -0.39 is 10.4 Å². The molecule has 0 spiro atoms. The van der Waals surface area contributed by atoms with Crippen molar-refractivity contribution in [3.8, 4) is 5.75 Å². The van der Waals surface area contributed by atoms with E-state index in [0.29, 0.717) is 12.3 Å². The van der Waals surface area contributed by atoms with E-state index in [4.69, 9.17) is 33.2 Å². The fraction of sp³-hybridized carbons (Fsp3) is 0.333. The van der Waals surface area contributed by atoms with Gasteiger partial charge in [0.25, 0.3) is 0 Å². The standard InChI is InChI=1S/C9H14N2O2.H2O4S/c1-13-9-5-3-2-4-8(9)11(10)6-7-12;1-5(2,3)4/h2-5,12H,6-7,10H2,1H3;(H2,1,2,3,4). The summed E-state index contributed by atoms with van der Waals surface area (Å²) in [4.78, 5) is 0. The van der Waals surface area contributed by atoms with Gasteiger partial charge in [0.15, 0.2) is 0 Å². The van der Waals surface area contributed by atoms with Crippen LogP contribution in [0.1, 0.15) is 0 Å². The van der Waals surface area contributed by atoms with E-state index >= 15 is 0 Å². The minimum atomic E-state index is -4.67. The molecule has 0 aliphatic rings. The van der Waals surface area contributed by atoms with Gasteiger partial charge in [-0.15, -0.1) is 0 Å². The van der Waals surface area contributed by atoms with E-state index in [9.17, 15) is 0 Å². The number of aliphatic hydroxyl groups is 1. The van der Waals surface area contributed by atoms with Crippen LogP contribution in [0.2, 0.25) is 0 Å². The van der Waals surface area contributed by atoms with Gasteiger partial charge >= 0.3 is 10.4 Å². The molecular formula is C9H16N2O6S.